The number of rotatable bonds is 11. The van der Waals surface area contributed by atoms with Crippen molar-refractivity contribution in [3.05, 3.63) is 262 Å². The van der Waals surface area contributed by atoms with E-state index in [4.69, 9.17) is 19.9 Å². The minimum Gasteiger partial charge on any atom is -0.260 e. The maximum Gasteiger partial charge on any atom is 0.0660 e. The zero-order valence-electron chi connectivity index (χ0n) is 38.7. The lowest BCUT2D eigenvalue weighted by atomic mass is 9.74. The van der Waals surface area contributed by atoms with Gasteiger partial charge in [0.2, 0.25) is 0 Å². The zero-order chi connectivity index (χ0) is 45.4. The van der Waals surface area contributed by atoms with E-state index in [1.807, 2.05) is 12.4 Å². The molecule has 6 heteroatoms. The van der Waals surface area contributed by atoms with Gasteiger partial charge >= 0.3 is 0 Å². The Bertz CT molecular complexity index is 2960. The normalized spacial score (nSPS) is 18.5. The quantitative estimate of drug-likeness (QED) is 0.121. The van der Waals surface area contributed by atoms with E-state index >= 15 is 0 Å². The molecular formula is C60H54N4Si2. The van der Waals surface area contributed by atoms with Gasteiger partial charge in [-0.15, -0.1) is 0 Å². The molecule has 0 saturated carbocycles. The average molecular weight is 887 g/mol. The highest BCUT2D eigenvalue weighted by Crippen LogP contribution is 2.57. The topological polar surface area (TPSA) is 51.6 Å². The summed E-state index contributed by atoms with van der Waals surface area (Å²) in [6, 6.07) is 62.6. The summed E-state index contributed by atoms with van der Waals surface area (Å²) in [7, 11) is -3.16. The SMILES string of the molecule is Cc1ccc(C2=[Si](C)C(CCC3(c4ccc(C)cn4)C(c4ccccc4)=C(c4ccccc4)C(c4ccc(C)cn4)=[Si]3C)(c3ccc(C)cn3)C(c3ccccc3)=C2c2ccccc2)nc1. The smallest absolute Gasteiger partial charge is 0.0660 e. The number of benzene rings is 4. The first-order valence-corrected chi connectivity index (χ1v) is 27.1. The van der Waals surface area contributed by atoms with Gasteiger partial charge in [0.25, 0.3) is 0 Å². The number of pyridine rings is 4. The Balaban J connectivity index is 1.34. The standard InChI is InChI=1S/C60H54N4Si2/c1-41-27-31-49(61-37-41)57-53(45-19-11-7-12-20-45)55(47-23-15-9-16-24-47)59(65(57)5,51-33-29-43(3)39-63-51)35-36-60(52-34-30-44(4)40-64-52)56(48-25-17-10-18-26-48)54(46-21-13-8-14-22-46)58(66(60)6)50-32-28-42(2)38-62-50/h7-34,37-40H,35-36H2,1-6H3. The molecule has 4 aromatic heterocycles. The molecule has 2 unspecified atom stereocenters. The first kappa shape index (κ1) is 43.0. The molecule has 2 atom stereocenters. The van der Waals surface area contributed by atoms with Crippen molar-refractivity contribution >= 4 is 49.4 Å². The highest BCUT2D eigenvalue weighted by molar-refractivity contribution is 6.88. The molecule has 0 fully saturated rings. The molecule has 66 heavy (non-hydrogen) atoms. The van der Waals surface area contributed by atoms with Crippen molar-refractivity contribution in [2.75, 3.05) is 0 Å². The van der Waals surface area contributed by atoms with Gasteiger partial charge in [0, 0.05) is 51.7 Å². The third-order valence-electron chi connectivity index (χ3n) is 14.0. The van der Waals surface area contributed by atoms with Gasteiger partial charge in [-0.1, -0.05) is 159 Å². The molecule has 2 aliphatic heterocycles. The van der Waals surface area contributed by atoms with Crippen LogP contribution in [-0.2, 0) is 10.1 Å². The highest BCUT2D eigenvalue weighted by Gasteiger charge is 2.54. The Hall–Kier alpha value is -6.87. The van der Waals surface area contributed by atoms with E-state index in [0.717, 1.165) is 57.9 Å². The Morgan fingerprint density at radius 2 is 0.652 bits per heavy atom. The Morgan fingerprint density at radius 1 is 0.348 bits per heavy atom. The van der Waals surface area contributed by atoms with Crippen LogP contribution in [0.25, 0.3) is 22.3 Å². The van der Waals surface area contributed by atoms with Gasteiger partial charge in [0.1, 0.15) is 0 Å². The summed E-state index contributed by atoms with van der Waals surface area (Å²) < 4.78 is 0. The number of hydrogen-bond donors (Lipinski definition) is 0. The second kappa shape index (κ2) is 17.8. The van der Waals surface area contributed by atoms with Gasteiger partial charge in [-0.05, 0) is 142 Å². The van der Waals surface area contributed by atoms with Crippen molar-refractivity contribution in [3.63, 3.8) is 0 Å². The van der Waals surface area contributed by atoms with Gasteiger partial charge in [0.05, 0.1) is 22.8 Å². The maximum atomic E-state index is 5.53. The lowest BCUT2D eigenvalue weighted by Crippen LogP contribution is -2.44. The second-order valence-electron chi connectivity index (χ2n) is 18.2. The van der Waals surface area contributed by atoms with Crippen LogP contribution < -0.4 is 0 Å². The lowest BCUT2D eigenvalue weighted by molar-refractivity contribution is 0.550. The third-order valence-corrected chi connectivity index (χ3v) is 20.6. The van der Waals surface area contributed by atoms with Crippen LogP contribution in [0.15, 0.2) is 195 Å². The minimum atomic E-state index is -1.58. The summed E-state index contributed by atoms with van der Waals surface area (Å²) in [6.45, 7) is 13.6. The van der Waals surface area contributed by atoms with Crippen molar-refractivity contribution in [1.82, 2.24) is 19.9 Å². The molecule has 6 heterocycles. The van der Waals surface area contributed by atoms with Crippen LogP contribution in [0.3, 0.4) is 0 Å². The predicted molar refractivity (Wildman–Crippen MR) is 279 cm³/mol. The summed E-state index contributed by atoms with van der Waals surface area (Å²) in [4.78, 5) is 21.6. The van der Waals surface area contributed by atoms with Gasteiger partial charge in [-0.2, -0.15) is 0 Å². The van der Waals surface area contributed by atoms with Crippen molar-refractivity contribution < 1.29 is 0 Å². The Labute approximate surface area is 393 Å². The molecule has 322 valence electrons. The number of aryl methyl sites for hydroxylation is 4. The molecule has 0 spiro atoms. The fraction of sp³-hybridized carbons (Fsp3) is 0.167. The third kappa shape index (κ3) is 7.38. The van der Waals surface area contributed by atoms with Crippen LogP contribution in [0.2, 0.25) is 13.1 Å². The molecule has 0 N–H and O–H groups in total. The zero-order valence-corrected chi connectivity index (χ0v) is 40.7. The molecule has 8 aromatic rings. The lowest BCUT2D eigenvalue weighted by Gasteiger charge is -2.41. The molecule has 4 nitrogen and oxygen atoms in total. The van der Waals surface area contributed by atoms with Gasteiger partial charge in [-0.3, -0.25) is 19.9 Å². The van der Waals surface area contributed by atoms with Crippen LogP contribution in [0.5, 0.6) is 0 Å². The van der Waals surface area contributed by atoms with Crippen LogP contribution >= 0.6 is 0 Å². The summed E-state index contributed by atoms with van der Waals surface area (Å²) in [5, 5.41) is 1.71. The van der Waals surface area contributed by atoms with Crippen LogP contribution in [0.1, 0.15) is 80.1 Å². The summed E-state index contributed by atoms with van der Waals surface area (Å²) in [5.74, 6) is 0. The molecule has 2 aliphatic rings. The predicted octanol–water partition coefficient (Wildman–Crippen LogP) is 12.6. The van der Waals surface area contributed by atoms with Crippen molar-refractivity contribution in [2.45, 2.75) is 63.7 Å². The van der Waals surface area contributed by atoms with E-state index in [0.29, 0.717) is 0 Å². The molecule has 0 aliphatic carbocycles. The second-order valence-corrected chi connectivity index (χ2v) is 23.4. The van der Waals surface area contributed by atoms with Crippen molar-refractivity contribution in [3.8, 4) is 0 Å². The van der Waals surface area contributed by atoms with Gasteiger partial charge in [-0.25, -0.2) is 0 Å². The molecular weight excluding hydrogens is 833 g/mol. The van der Waals surface area contributed by atoms with E-state index in [9.17, 15) is 0 Å². The Morgan fingerprint density at radius 3 is 0.939 bits per heavy atom. The van der Waals surface area contributed by atoms with E-state index in [-0.39, 0.29) is 0 Å². The fourth-order valence-electron chi connectivity index (χ4n) is 10.8. The molecule has 0 radical (unpaired) electrons. The number of allylic oxidation sites excluding steroid dienone is 4. The molecule has 0 saturated heterocycles. The van der Waals surface area contributed by atoms with Crippen molar-refractivity contribution in [2.24, 2.45) is 0 Å². The first-order chi connectivity index (χ1) is 32.2. The maximum absolute atomic E-state index is 5.53. The summed E-state index contributed by atoms with van der Waals surface area (Å²) >= 11 is 0. The summed E-state index contributed by atoms with van der Waals surface area (Å²) in [6.07, 6.45) is 9.89. The van der Waals surface area contributed by atoms with Gasteiger partial charge in [0.15, 0.2) is 0 Å². The summed E-state index contributed by atoms with van der Waals surface area (Å²) in [5.41, 5.74) is 19.0. The van der Waals surface area contributed by atoms with Crippen LogP contribution in [-0.4, -0.2) is 47.1 Å². The van der Waals surface area contributed by atoms with Crippen LogP contribution in [0, 0.1) is 27.7 Å². The van der Waals surface area contributed by atoms with Crippen LogP contribution in [0.4, 0.5) is 0 Å². The number of aromatic nitrogens is 4. The van der Waals surface area contributed by atoms with E-state index < -0.39 is 26.9 Å². The molecule has 0 amide bonds. The van der Waals surface area contributed by atoms with E-state index in [1.165, 1.54) is 54.9 Å². The molecule has 0 bridgehead atoms. The fourth-order valence-corrected chi connectivity index (χ4v) is 17.4. The highest BCUT2D eigenvalue weighted by atomic mass is 28.2. The van der Waals surface area contributed by atoms with Crippen molar-refractivity contribution in [1.29, 1.82) is 0 Å². The number of nitrogens with zero attached hydrogens (tertiary/aromatic N) is 4. The largest absolute Gasteiger partial charge is 0.260 e. The molecule has 4 aromatic carbocycles. The van der Waals surface area contributed by atoms with Gasteiger partial charge < -0.3 is 0 Å². The monoisotopic (exact) mass is 886 g/mol. The molecule has 10 rings (SSSR count). The minimum absolute atomic E-state index is 0.494. The first-order valence-electron chi connectivity index (χ1n) is 23.1. The van der Waals surface area contributed by atoms with E-state index in [2.05, 4.69) is 223 Å². The Kier molecular flexibility index (Phi) is 11.6. The number of hydrogen-bond acceptors (Lipinski definition) is 4. The average Bonchev–Trinajstić information content (AvgIpc) is 3.78. The van der Waals surface area contributed by atoms with E-state index in [1.54, 1.807) is 0 Å².